The van der Waals surface area contributed by atoms with Gasteiger partial charge >= 0.3 is 0 Å². The number of hydrogen-bond acceptors (Lipinski definition) is 3. The van der Waals surface area contributed by atoms with Crippen molar-refractivity contribution in [2.24, 2.45) is 0 Å². The SMILES string of the molecule is Cc1ccc(C(CNC(=O)c2ccc(F)cc2I)N2CCOCC2)cc1. The number of ether oxygens (including phenoxy) is 1. The van der Waals surface area contributed by atoms with Crippen molar-refractivity contribution in [1.82, 2.24) is 10.2 Å². The molecule has 0 aliphatic carbocycles. The molecule has 1 amide bonds. The molecule has 0 bridgehead atoms. The summed E-state index contributed by atoms with van der Waals surface area (Å²) in [4.78, 5) is 14.9. The first kappa shape index (κ1) is 19.3. The third kappa shape index (κ3) is 4.81. The minimum Gasteiger partial charge on any atom is -0.379 e. The van der Waals surface area contributed by atoms with E-state index in [4.69, 9.17) is 4.74 Å². The van der Waals surface area contributed by atoms with Crippen LogP contribution in [-0.4, -0.2) is 43.7 Å². The molecular formula is C20H22FIN2O2. The van der Waals surface area contributed by atoms with Crippen molar-refractivity contribution < 1.29 is 13.9 Å². The van der Waals surface area contributed by atoms with E-state index in [2.05, 4.69) is 41.4 Å². The summed E-state index contributed by atoms with van der Waals surface area (Å²) in [5.74, 6) is -0.517. The highest BCUT2D eigenvalue weighted by Crippen LogP contribution is 2.22. The van der Waals surface area contributed by atoms with Gasteiger partial charge in [-0.05, 0) is 53.3 Å². The molecule has 1 atom stereocenters. The van der Waals surface area contributed by atoms with Gasteiger partial charge in [-0.2, -0.15) is 0 Å². The maximum Gasteiger partial charge on any atom is 0.252 e. The second kappa shape index (κ2) is 8.92. The lowest BCUT2D eigenvalue weighted by molar-refractivity contribution is 0.0162. The summed E-state index contributed by atoms with van der Waals surface area (Å²) >= 11 is 1.99. The first-order valence-corrected chi connectivity index (χ1v) is 9.74. The molecule has 0 spiro atoms. The Bertz CT molecular complexity index is 761. The number of carbonyl (C=O) groups is 1. The first-order valence-electron chi connectivity index (χ1n) is 8.66. The van der Waals surface area contributed by atoms with E-state index in [0.29, 0.717) is 28.9 Å². The first-order chi connectivity index (χ1) is 12.5. The number of benzene rings is 2. The van der Waals surface area contributed by atoms with E-state index in [9.17, 15) is 9.18 Å². The normalized spacial score (nSPS) is 16.3. The molecule has 1 heterocycles. The van der Waals surface area contributed by atoms with E-state index in [1.54, 1.807) is 0 Å². The molecule has 26 heavy (non-hydrogen) atoms. The van der Waals surface area contributed by atoms with Crippen molar-refractivity contribution in [2.45, 2.75) is 13.0 Å². The standard InChI is InChI=1S/C20H22FIN2O2/c1-14-2-4-15(5-3-14)19(24-8-10-26-11-9-24)13-23-20(25)17-7-6-16(21)12-18(17)22/h2-7,12,19H,8-11,13H2,1H3,(H,23,25). The number of nitrogens with zero attached hydrogens (tertiary/aromatic N) is 1. The summed E-state index contributed by atoms with van der Waals surface area (Å²) in [6, 6.07) is 12.7. The number of carbonyl (C=O) groups excluding carboxylic acids is 1. The van der Waals surface area contributed by atoms with Gasteiger partial charge in [0.25, 0.3) is 5.91 Å². The van der Waals surface area contributed by atoms with Gasteiger partial charge in [-0.1, -0.05) is 29.8 Å². The lowest BCUT2D eigenvalue weighted by Gasteiger charge is -2.35. The van der Waals surface area contributed by atoms with Gasteiger partial charge in [-0.25, -0.2) is 4.39 Å². The maximum atomic E-state index is 13.3. The van der Waals surface area contributed by atoms with Crippen LogP contribution in [0.25, 0.3) is 0 Å². The summed E-state index contributed by atoms with van der Waals surface area (Å²) in [6.45, 7) is 5.63. The van der Waals surface area contributed by atoms with Crippen molar-refractivity contribution in [1.29, 1.82) is 0 Å². The number of morpholine rings is 1. The van der Waals surface area contributed by atoms with E-state index in [1.165, 1.54) is 29.3 Å². The Balaban J connectivity index is 1.74. The third-order valence-corrected chi connectivity index (χ3v) is 5.47. The van der Waals surface area contributed by atoms with Gasteiger partial charge < -0.3 is 10.1 Å². The van der Waals surface area contributed by atoms with Crippen LogP contribution in [0, 0.1) is 16.3 Å². The van der Waals surface area contributed by atoms with E-state index in [-0.39, 0.29) is 17.8 Å². The van der Waals surface area contributed by atoms with Crippen LogP contribution in [0.4, 0.5) is 4.39 Å². The maximum absolute atomic E-state index is 13.3. The fraction of sp³-hybridized carbons (Fsp3) is 0.350. The average Bonchev–Trinajstić information content (AvgIpc) is 2.64. The van der Waals surface area contributed by atoms with Crippen molar-refractivity contribution in [3.8, 4) is 0 Å². The van der Waals surface area contributed by atoms with E-state index < -0.39 is 0 Å². The fourth-order valence-electron chi connectivity index (χ4n) is 3.09. The zero-order valence-electron chi connectivity index (χ0n) is 14.7. The molecule has 1 unspecified atom stereocenters. The van der Waals surface area contributed by atoms with Crippen LogP contribution in [0.2, 0.25) is 0 Å². The molecule has 0 radical (unpaired) electrons. The Morgan fingerprint density at radius 1 is 1.23 bits per heavy atom. The van der Waals surface area contributed by atoms with Gasteiger partial charge in [0.05, 0.1) is 24.8 Å². The highest BCUT2D eigenvalue weighted by molar-refractivity contribution is 14.1. The quantitative estimate of drug-likeness (QED) is 0.683. The topological polar surface area (TPSA) is 41.6 Å². The smallest absolute Gasteiger partial charge is 0.252 e. The molecule has 1 saturated heterocycles. The fourth-order valence-corrected chi connectivity index (χ4v) is 3.82. The minimum absolute atomic E-state index is 0.0848. The summed E-state index contributed by atoms with van der Waals surface area (Å²) in [7, 11) is 0. The predicted octanol–water partition coefficient (Wildman–Crippen LogP) is 3.54. The number of nitrogens with one attached hydrogen (secondary N) is 1. The molecule has 2 aromatic rings. The predicted molar refractivity (Wildman–Crippen MR) is 108 cm³/mol. The number of hydrogen-bond donors (Lipinski definition) is 1. The lowest BCUT2D eigenvalue weighted by Crippen LogP contribution is -2.43. The number of halogens is 2. The zero-order valence-corrected chi connectivity index (χ0v) is 16.8. The van der Waals surface area contributed by atoms with Gasteiger partial charge in [0.2, 0.25) is 0 Å². The Morgan fingerprint density at radius 3 is 2.58 bits per heavy atom. The van der Waals surface area contributed by atoms with Crippen LogP contribution in [0.1, 0.15) is 27.5 Å². The average molecular weight is 468 g/mol. The molecule has 0 saturated carbocycles. The Kier molecular flexibility index (Phi) is 6.61. The highest BCUT2D eigenvalue weighted by atomic mass is 127. The molecule has 0 aromatic heterocycles. The van der Waals surface area contributed by atoms with Crippen LogP contribution in [0.5, 0.6) is 0 Å². The van der Waals surface area contributed by atoms with Crippen LogP contribution in [-0.2, 0) is 4.74 Å². The Morgan fingerprint density at radius 2 is 1.92 bits per heavy atom. The van der Waals surface area contributed by atoms with Gasteiger partial charge in [0.1, 0.15) is 5.82 Å². The van der Waals surface area contributed by atoms with Crippen LogP contribution in [0.3, 0.4) is 0 Å². The molecule has 138 valence electrons. The minimum atomic E-state index is -0.336. The molecule has 1 aliphatic heterocycles. The number of rotatable bonds is 5. The molecular weight excluding hydrogens is 446 g/mol. The van der Waals surface area contributed by atoms with Crippen molar-refractivity contribution in [2.75, 3.05) is 32.8 Å². The monoisotopic (exact) mass is 468 g/mol. The summed E-state index contributed by atoms with van der Waals surface area (Å²) in [5, 5.41) is 3.02. The Hall–Kier alpha value is -1.51. The van der Waals surface area contributed by atoms with E-state index in [1.807, 2.05) is 22.6 Å². The van der Waals surface area contributed by atoms with Gasteiger partial charge in [0.15, 0.2) is 0 Å². The number of amides is 1. The van der Waals surface area contributed by atoms with Crippen LogP contribution < -0.4 is 5.32 Å². The molecule has 3 rings (SSSR count). The van der Waals surface area contributed by atoms with Crippen LogP contribution in [0.15, 0.2) is 42.5 Å². The van der Waals surface area contributed by atoms with Crippen LogP contribution >= 0.6 is 22.6 Å². The van der Waals surface area contributed by atoms with Gasteiger partial charge in [-0.3, -0.25) is 9.69 Å². The lowest BCUT2D eigenvalue weighted by atomic mass is 10.0. The van der Waals surface area contributed by atoms with Crippen molar-refractivity contribution >= 4 is 28.5 Å². The summed E-state index contributed by atoms with van der Waals surface area (Å²) in [5.41, 5.74) is 2.88. The summed E-state index contributed by atoms with van der Waals surface area (Å²) in [6.07, 6.45) is 0. The van der Waals surface area contributed by atoms with Crippen molar-refractivity contribution in [3.63, 3.8) is 0 Å². The second-order valence-electron chi connectivity index (χ2n) is 6.41. The molecule has 4 nitrogen and oxygen atoms in total. The summed E-state index contributed by atoms with van der Waals surface area (Å²) < 4.78 is 19.3. The molecule has 2 aromatic carbocycles. The highest BCUT2D eigenvalue weighted by Gasteiger charge is 2.23. The van der Waals surface area contributed by atoms with E-state index in [0.717, 1.165) is 13.1 Å². The third-order valence-electron chi connectivity index (χ3n) is 4.58. The van der Waals surface area contributed by atoms with Gasteiger partial charge in [0, 0.05) is 23.2 Å². The van der Waals surface area contributed by atoms with Crippen molar-refractivity contribution in [3.05, 3.63) is 68.5 Å². The Labute approximate surface area is 166 Å². The second-order valence-corrected chi connectivity index (χ2v) is 7.57. The molecule has 1 fully saturated rings. The largest absolute Gasteiger partial charge is 0.379 e. The number of aryl methyl sites for hydroxylation is 1. The molecule has 1 N–H and O–H groups in total. The van der Waals surface area contributed by atoms with Gasteiger partial charge in [-0.15, -0.1) is 0 Å². The zero-order chi connectivity index (χ0) is 18.5. The van der Waals surface area contributed by atoms with E-state index >= 15 is 0 Å². The molecule has 1 aliphatic rings. The molecule has 6 heteroatoms.